The molecule has 2 saturated heterocycles. The molecule has 3 N–H and O–H groups in total. The van der Waals surface area contributed by atoms with E-state index in [-0.39, 0.29) is 18.3 Å². The molecule has 1 atom stereocenters. The van der Waals surface area contributed by atoms with E-state index in [0.29, 0.717) is 90.2 Å². The second-order valence-corrected chi connectivity index (χ2v) is 12.4. The first-order valence-electron chi connectivity index (χ1n) is 17.6. The van der Waals surface area contributed by atoms with Crippen LogP contribution in [-0.2, 0) is 28.5 Å². The molecule has 2 aliphatic heterocycles. The van der Waals surface area contributed by atoms with E-state index in [1.807, 2.05) is 13.8 Å². The van der Waals surface area contributed by atoms with Crippen LogP contribution < -0.4 is 11.1 Å². The minimum Gasteiger partial charge on any atom is -0.438 e. The first-order chi connectivity index (χ1) is 24.4. The minimum absolute atomic E-state index is 0.270. The van der Waals surface area contributed by atoms with E-state index in [1.54, 1.807) is 6.07 Å². The van der Waals surface area contributed by atoms with Gasteiger partial charge in [0, 0.05) is 49.2 Å². The number of ether oxygens (including phenoxy) is 5. The maximum absolute atomic E-state index is 13.6. The number of carbonyl (C=O) groups is 2. The molecular formula is C35H53FN6O8. The number of nitrogens with zero attached hydrogens (tertiary/aromatic N) is 4. The summed E-state index contributed by atoms with van der Waals surface area (Å²) in [6, 6.07) is 4.58. The van der Waals surface area contributed by atoms with Crippen LogP contribution in [0.3, 0.4) is 0 Å². The summed E-state index contributed by atoms with van der Waals surface area (Å²) in [4.78, 5) is 33.2. The molecule has 1 unspecified atom stereocenters. The fraction of sp³-hybridized carbons (Fsp3) is 0.657. The van der Waals surface area contributed by atoms with Crippen LogP contribution in [0.15, 0.2) is 39.0 Å². The number of halogens is 1. The number of likely N-dealkylation sites (tertiary alicyclic amines) is 2. The fourth-order valence-corrected chi connectivity index (χ4v) is 5.90. The van der Waals surface area contributed by atoms with Crippen molar-refractivity contribution in [2.75, 3.05) is 92.1 Å². The maximum Gasteiger partial charge on any atom is 0.407 e. The lowest BCUT2D eigenvalue weighted by atomic mass is 9.91. The van der Waals surface area contributed by atoms with Gasteiger partial charge in [-0.1, -0.05) is 10.7 Å². The van der Waals surface area contributed by atoms with E-state index in [9.17, 15) is 14.0 Å². The number of aromatic nitrogens is 1. The monoisotopic (exact) mass is 704 g/mol. The molecule has 0 radical (unpaired) electrons. The van der Waals surface area contributed by atoms with E-state index in [4.69, 9.17) is 38.9 Å². The molecule has 0 spiro atoms. The van der Waals surface area contributed by atoms with E-state index < -0.39 is 12.2 Å². The number of rotatable bonds is 21. The number of nitrogens with two attached hydrogens (primary N) is 1. The van der Waals surface area contributed by atoms with Gasteiger partial charge in [-0.15, -0.1) is 0 Å². The number of hydrogen-bond donors (Lipinski definition) is 2. The lowest BCUT2D eigenvalue weighted by Gasteiger charge is -2.32. The highest BCUT2D eigenvalue weighted by Gasteiger charge is 2.30. The van der Waals surface area contributed by atoms with Gasteiger partial charge in [-0.2, -0.15) is 0 Å². The Morgan fingerprint density at radius 3 is 2.38 bits per heavy atom. The normalized spacial score (nSPS) is 18.8. The number of allylic oxidation sites excluding steroid dienone is 1. The quantitative estimate of drug-likeness (QED) is 0.144. The number of benzene rings is 1. The molecule has 0 aliphatic carbocycles. The summed E-state index contributed by atoms with van der Waals surface area (Å²) in [6.07, 6.45) is 3.50. The lowest BCUT2D eigenvalue weighted by molar-refractivity contribution is -0.115. The van der Waals surface area contributed by atoms with Crippen molar-refractivity contribution in [3.8, 4) is 0 Å². The third kappa shape index (κ3) is 12.7. The number of alkyl carbamates (subject to hydrolysis) is 1. The highest BCUT2D eigenvalue weighted by Crippen LogP contribution is 2.33. The van der Waals surface area contributed by atoms with Crippen LogP contribution >= 0.6 is 0 Å². The molecule has 50 heavy (non-hydrogen) atoms. The smallest absolute Gasteiger partial charge is 0.407 e. The highest BCUT2D eigenvalue weighted by molar-refractivity contribution is 5.96. The number of aliphatic imine (C=N–C) groups is 1. The Kier molecular flexibility index (Phi) is 17.0. The zero-order chi connectivity index (χ0) is 35.6. The highest BCUT2D eigenvalue weighted by atomic mass is 19.1. The summed E-state index contributed by atoms with van der Waals surface area (Å²) in [5.41, 5.74) is 8.66. The Morgan fingerprint density at radius 2 is 1.70 bits per heavy atom. The van der Waals surface area contributed by atoms with Gasteiger partial charge >= 0.3 is 6.09 Å². The van der Waals surface area contributed by atoms with Gasteiger partial charge in [0.05, 0.1) is 58.5 Å². The predicted octanol–water partition coefficient (Wildman–Crippen LogP) is 3.60. The summed E-state index contributed by atoms with van der Waals surface area (Å²) in [5, 5.41) is 7.85. The number of carbonyl (C=O) groups excluding carboxylic acids is 2. The molecule has 278 valence electrons. The topological polar surface area (TPSA) is 163 Å². The van der Waals surface area contributed by atoms with Crippen LogP contribution in [0.25, 0.3) is 11.0 Å². The van der Waals surface area contributed by atoms with Crippen LogP contribution in [0.1, 0.15) is 57.6 Å². The zero-order valence-corrected chi connectivity index (χ0v) is 29.4. The third-order valence-corrected chi connectivity index (χ3v) is 8.86. The number of piperidine rings is 2. The standard InChI is InChI=1S/C35H53FN6O8/c1-26(7-13-41-14-8-28(9-15-41)33-30-6-5-29(36)24-32(30)50-40-33)27(2)39-34-31(4-3-12-42(34)25-43)49-35(44)38-11-17-46-19-21-48-23-22-47-20-18-45-16-10-37/h5-6,24-25,28,31H,3-4,7-23,37H2,1-2H3,(H,38,44)/b27-26+,39-34-. The van der Waals surface area contributed by atoms with Gasteiger partial charge in [-0.05, 0) is 71.2 Å². The summed E-state index contributed by atoms with van der Waals surface area (Å²) >= 11 is 0. The molecule has 2 aromatic rings. The summed E-state index contributed by atoms with van der Waals surface area (Å²) in [7, 11) is 0. The average molecular weight is 705 g/mol. The number of hydrogen-bond acceptors (Lipinski definition) is 12. The molecule has 2 fully saturated rings. The predicted molar refractivity (Wildman–Crippen MR) is 185 cm³/mol. The molecule has 4 rings (SSSR count). The maximum atomic E-state index is 13.6. The second kappa shape index (κ2) is 21.7. The first-order valence-corrected chi connectivity index (χ1v) is 17.6. The Labute approximate surface area is 293 Å². The largest absolute Gasteiger partial charge is 0.438 e. The van der Waals surface area contributed by atoms with E-state index >= 15 is 0 Å². The molecular weight excluding hydrogens is 651 g/mol. The number of amides is 2. The summed E-state index contributed by atoms with van der Waals surface area (Å²) in [5.74, 6) is 0.392. The van der Waals surface area contributed by atoms with Crippen LogP contribution in [0.4, 0.5) is 9.18 Å². The van der Waals surface area contributed by atoms with Gasteiger partial charge in [-0.3, -0.25) is 9.69 Å². The fourth-order valence-electron chi connectivity index (χ4n) is 5.90. The molecule has 1 aromatic heterocycles. The Bertz CT molecular complexity index is 1400. The Hall–Kier alpha value is -3.47. The zero-order valence-electron chi connectivity index (χ0n) is 29.4. The SMILES string of the molecule is C/C(CCN1CCC(c2noc3cc(F)ccc23)CC1)=C(C)\N=C1\C(OC(=O)NCCOCCOCCOCCOCCN)CCCN1C=O. The van der Waals surface area contributed by atoms with Gasteiger partial charge in [-0.25, -0.2) is 14.2 Å². The first kappa shape index (κ1) is 39.3. The van der Waals surface area contributed by atoms with Crippen LogP contribution in [0.5, 0.6) is 0 Å². The number of amidine groups is 1. The van der Waals surface area contributed by atoms with Crippen LogP contribution in [0.2, 0.25) is 0 Å². The lowest BCUT2D eigenvalue weighted by Crippen LogP contribution is -2.47. The minimum atomic E-state index is -0.636. The summed E-state index contributed by atoms with van der Waals surface area (Å²) in [6.45, 7) is 11.5. The molecule has 15 heteroatoms. The molecule has 2 amide bonds. The molecule has 14 nitrogen and oxygen atoms in total. The van der Waals surface area contributed by atoms with E-state index in [0.717, 1.165) is 67.7 Å². The summed E-state index contributed by atoms with van der Waals surface area (Å²) < 4.78 is 46.2. The van der Waals surface area contributed by atoms with Gasteiger partial charge in [0.25, 0.3) is 0 Å². The van der Waals surface area contributed by atoms with E-state index in [2.05, 4.69) is 15.4 Å². The third-order valence-electron chi connectivity index (χ3n) is 8.86. The van der Waals surface area contributed by atoms with Crippen molar-refractivity contribution in [2.24, 2.45) is 10.7 Å². The van der Waals surface area contributed by atoms with Crippen molar-refractivity contribution in [3.63, 3.8) is 0 Å². The molecule has 2 aliphatic rings. The van der Waals surface area contributed by atoms with Gasteiger partial charge in [0.1, 0.15) is 5.82 Å². The van der Waals surface area contributed by atoms with Crippen molar-refractivity contribution in [1.29, 1.82) is 0 Å². The van der Waals surface area contributed by atoms with Crippen molar-refractivity contribution in [2.45, 2.75) is 58.0 Å². The van der Waals surface area contributed by atoms with Gasteiger partial charge < -0.3 is 44.2 Å². The number of nitrogens with one attached hydrogen (secondary N) is 1. The second-order valence-electron chi connectivity index (χ2n) is 12.4. The molecule has 3 heterocycles. The van der Waals surface area contributed by atoms with E-state index in [1.165, 1.54) is 17.0 Å². The Balaban J connectivity index is 1.15. The van der Waals surface area contributed by atoms with Crippen molar-refractivity contribution in [3.05, 3.63) is 41.0 Å². The van der Waals surface area contributed by atoms with Crippen molar-refractivity contribution >= 4 is 29.3 Å². The number of fused-ring (bicyclic) bond motifs is 1. The van der Waals surface area contributed by atoms with Crippen LogP contribution in [0, 0.1) is 5.82 Å². The van der Waals surface area contributed by atoms with Gasteiger partial charge in [0.2, 0.25) is 6.41 Å². The van der Waals surface area contributed by atoms with Crippen LogP contribution in [-0.4, -0.2) is 132 Å². The van der Waals surface area contributed by atoms with Gasteiger partial charge in [0.15, 0.2) is 17.5 Å². The molecule has 0 bridgehead atoms. The molecule has 0 saturated carbocycles. The van der Waals surface area contributed by atoms with Crippen molar-refractivity contribution in [1.82, 2.24) is 20.3 Å². The van der Waals surface area contributed by atoms with Crippen molar-refractivity contribution < 1.29 is 42.2 Å². The Morgan fingerprint density at radius 1 is 1.02 bits per heavy atom. The molecule has 1 aromatic carbocycles. The average Bonchev–Trinajstić information content (AvgIpc) is 3.54.